The van der Waals surface area contributed by atoms with Gasteiger partial charge < -0.3 is 10.9 Å². The van der Waals surface area contributed by atoms with Crippen LogP contribution in [-0.4, -0.2) is 32.0 Å². The predicted molar refractivity (Wildman–Crippen MR) is 40.5 cm³/mol. The van der Waals surface area contributed by atoms with Gasteiger partial charge in [-0.25, -0.2) is 4.98 Å². The van der Waals surface area contributed by atoms with Crippen LogP contribution in [0.2, 0.25) is 0 Å². The van der Waals surface area contributed by atoms with Crippen LogP contribution in [0.3, 0.4) is 0 Å². The third kappa shape index (κ3) is 2.46. The van der Waals surface area contributed by atoms with Crippen LogP contribution in [-0.2, 0) is 0 Å². The van der Waals surface area contributed by atoms with E-state index in [4.69, 9.17) is 10.9 Å². The van der Waals surface area contributed by atoms with Crippen molar-refractivity contribution < 1.29 is 5.21 Å². The lowest BCUT2D eigenvalue weighted by atomic mass is 10.7. The molecule has 0 aliphatic carbocycles. The molecular formula is C4H7N5OS. The van der Waals surface area contributed by atoms with Gasteiger partial charge in [0, 0.05) is 0 Å². The van der Waals surface area contributed by atoms with E-state index in [2.05, 4.69) is 20.3 Å². The van der Waals surface area contributed by atoms with E-state index in [1.54, 1.807) is 0 Å². The normalized spacial score (nSPS) is 11.8. The van der Waals surface area contributed by atoms with Gasteiger partial charge in [-0.15, -0.1) is 0 Å². The molecule has 0 spiro atoms. The largest absolute Gasteiger partial charge is 0.409 e. The molecule has 0 bridgehead atoms. The number of aromatic amines is 1. The molecule has 1 aromatic heterocycles. The summed E-state index contributed by atoms with van der Waals surface area (Å²) in [5.74, 6) is 0.553. The minimum absolute atomic E-state index is 0.159. The zero-order valence-corrected chi connectivity index (χ0v) is 6.38. The van der Waals surface area contributed by atoms with Crippen LogP contribution in [0.25, 0.3) is 0 Å². The van der Waals surface area contributed by atoms with Crippen LogP contribution in [0.4, 0.5) is 0 Å². The fourth-order valence-electron chi connectivity index (χ4n) is 0.435. The maximum absolute atomic E-state index is 8.17. The van der Waals surface area contributed by atoms with Gasteiger partial charge in [0.1, 0.15) is 12.2 Å². The molecule has 0 fully saturated rings. The number of hydrogen-bond donors (Lipinski definition) is 3. The van der Waals surface area contributed by atoms with E-state index in [1.165, 1.54) is 18.1 Å². The van der Waals surface area contributed by atoms with Gasteiger partial charge in [-0.3, -0.25) is 5.10 Å². The highest BCUT2D eigenvalue weighted by atomic mass is 32.2. The summed E-state index contributed by atoms with van der Waals surface area (Å²) in [7, 11) is 0. The lowest BCUT2D eigenvalue weighted by Gasteiger charge is -1.92. The Bertz CT molecular complexity index is 233. The maximum Gasteiger partial charge on any atom is 0.183 e. The Hall–Kier alpha value is -1.24. The molecule has 0 aliphatic heterocycles. The van der Waals surface area contributed by atoms with Crippen molar-refractivity contribution >= 4 is 17.6 Å². The minimum Gasteiger partial charge on any atom is -0.409 e. The first-order valence-corrected chi connectivity index (χ1v) is 3.76. The maximum atomic E-state index is 8.17. The van der Waals surface area contributed by atoms with Crippen molar-refractivity contribution in [2.45, 2.75) is 5.16 Å². The summed E-state index contributed by atoms with van der Waals surface area (Å²) in [6, 6.07) is 0. The summed E-state index contributed by atoms with van der Waals surface area (Å²) in [5, 5.41) is 17.9. The molecule has 4 N–H and O–H groups in total. The molecule has 0 saturated carbocycles. The van der Waals surface area contributed by atoms with E-state index >= 15 is 0 Å². The number of H-pyrrole nitrogens is 1. The molecule has 0 radical (unpaired) electrons. The predicted octanol–water partition coefficient (Wildman–Crippen LogP) is -0.357. The number of rotatable bonds is 3. The first kappa shape index (κ1) is 7.86. The van der Waals surface area contributed by atoms with Gasteiger partial charge in [-0.05, 0) is 0 Å². The molecule has 0 unspecified atom stereocenters. The zero-order chi connectivity index (χ0) is 8.10. The topological polar surface area (TPSA) is 100 Å². The van der Waals surface area contributed by atoms with Gasteiger partial charge in [0.2, 0.25) is 0 Å². The molecule has 1 heterocycles. The van der Waals surface area contributed by atoms with E-state index in [-0.39, 0.29) is 5.84 Å². The Kier molecular flexibility index (Phi) is 2.73. The average Bonchev–Trinajstić information content (AvgIpc) is 2.52. The summed E-state index contributed by atoms with van der Waals surface area (Å²) >= 11 is 1.31. The Morgan fingerprint density at radius 3 is 3.27 bits per heavy atom. The van der Waals surface area contributed by atoms with Gasteiger partial charge >= 0.3 is 0 Å². The number of amidine groups is 1. The number of thioether (sulfide) groups is 1. The Morgan fingerprint density at radius 1 is 1.91 bits per heavy atom. The molecule has 11 heavy (non-hydrogen) atoms. The van der Waals surface area contributed by atoms with E-state index < -0.39 is 0 Å². The minimum atomic E-state index is 0.159. The number of nitrogens with zero attached hydrogens (tertiary/aromatic N) is 3. The quantitative estimate of drug-likeness (QED) is 0.190. The summed E-state index contributed by atoms with van der Waals surface area (Å²) in [6.07, 6.45) is 1.40. The fraction of sp³-hybridized carbons (Fsp3) is 0.250. The van der Waals surface area contributed by atoms with E-state index in [1.807, 2.05) is 0 Å². The monoisotopic (exact) mass is 173 g/mol. The van der Waals surface area contributed by atoms with Crippen molar-refractivity contribution in [1.29, 1.82) is 0 Å². The highest BCUT2D eigenvalue weighted by molar-refractivity contribution is 7.99. The molecule has 0 aliphatic rings. The molecule has 0 saturated heterocycles. The molecule has 60 valence electrons. The summed E-state index contributed by atoms with van der Waals surface area (Å²) in [4.78, 5) is 3.83. The highest BCUT2D eigenvalue weighted by Crippen LogP contribution is 2.08. The van der Waals surface area contributed by atoms with Crippen LogP contribution in [0.15, 0.2) is 16.6 Å². The van der Waals surface area contributed by atoms with Crippen LogP contribution in [0, 0.1) is 0 Å². The molecule has 1 rings (SSSR count). The average molecular weight is 173 g/mol. The Balaban J connectivity index is 2.35. The van der Waals surface area contributed by atoms with Crippen LogP contribution < -0.4 is 5.73 Å². The van der Waals surface area contributed by atoms with Gasteiger partial charge in [0.15, 0.2) is 5.16 Å². The molecule has 0 atom stereocenters. The lowest BCUT2D eigenvalue weighted by Crippen LogP contribution is -2.14. The summed E-state index contributed by atoms with van der Waals surface area (Å²) in [5.41, 5.74) is 5.21. The van der Waals surface area contributed by atoms with Gasteiger partial charge in [0.25, 0.3) is 0 Å². The van der Waals surface area contributed by atoms with Crippen molar-refractivity contribution in [1.82, 2.24) is 15.2 Å². The smallest absolute Gasteiger partial charge is 0.183 e. The van der Waals surface area contributed by atoms with Crippen LogP contribution in [0.5, 0.6) is 0 Å². The second-order valence-electron chi connectivity index (χ2n) is 1.67. The van der Waals surface area contributed by atoms with Crippen molar-refractivity contribution in [3.05, 3.63) is 6.33 Å². The van der Waals surface area contributed by atoms with E-state index in [0.29, 0.717) is 10.9 Å². The standard InChI is InChI=1S/C4H7N5OS/c5-3(9-10)1-11-4-6-2-7-8-4/h2,10H,1H2,(H2,5,9)(H,6,7,8). The van der Waals surface area contributed by atoms with Crippen molar-refractivity contribution in [3.8, 4) is 0 Å². The zero-order valence-electron chi connectivity index (χ0n) is 5.56. The molecule has 0 amide bonds. The van der Waals surface area contributed by atoms with Crippen molar-refractivity contribution in [3.63, 3.8) is 0 Å². The third-order valence-corrected chi connectivity index (χ3v) is 1.79. The summed E-state index contributed by atoms with van der Waals surface area (Å²) < 4.78 is 0. The van der Waals surface area contributed by atoms with Gasteiger partial charge in [-0.2, -0.15) is 5.10 Å². The highest BCUT2D eigenvalue weighted by Gasteiger charge is 1.98. The van der Waals surface area contributed by atoms with Crippen molar-refractivity contribution in [2.75, 3.05) is 5.75 Å². The Labute approximate surface area is 66.9 Å². The molecule has 0 aromatic carbocycles. The molecular weight excluding hydrogens is 166 g/mol. The van der Waals surface area contributed by atoms with E-state index in [9.17, 15) is 0 Å². The second kappa shape index (κ2) is 3.81. The number of oxime groups is 1. The van der Waals surface area contributed by atoms with Gasteiger partial charge in [-0.1, -0.05) is 16.9 Å². The lowest BCUT2D eigenvalue weighted by molar-refractivity contribution is 0.318. The number of nitrogens with one attached hydrogen (secondary N) is 1. The third-order valence-electron chi connectivity index (χ3n) is 0.878. The number of aromatic nitrogens is 3. The van der Waals surface area contributed by atoms with E-state index in [0.717, 1.165) is 0 Å². The second-order valence-corrected chi connectivity index (χ2v) is 2.63. The van der Waals surface area contributed by atoms with Crippen LogP contribution >= 0.6 is 11.8 Å². The molecule has 1 aromatic rings. The SMILES string of the molecule is NC(CSc1ncn[nH]1)=NO. The molecule has 7 heteroatoms. The molecule has 6 nitrogen and oxygen atoms in total. The van der Waals surface area contributed by atoms with Crippen molar-refractivity contribution in [2.24, 2.45) is 10.9 Å². The van der Waals surface area contributed by atoms with Crippen LogP contribution in [0.1, 0.15) is 0 Å². The number of nitrogens with two attached hydrogens (primary N) is 1. The fourth-order valence-corrected chi connectivity index (χ4v) is 1.02. The Morgan fingerprint density at radius 2 is 2.73 bits per heavy atom. The first-order valence-electron chi connectivity index (χ1n) is 2.77. The first-order chi connectivity index (χ1) is 5.33. The number of hydrogen-bond acceptors (Lipinski definition) is 5. The van der Waals surface area contributed by atoms with Gasteiger partial charge in [0.05, 0.1) is 5.75 Å². The summed E-state index contributed by atoms with van der Waals surface area (Å²) in [6.45, 7) is 0.